The van der Waals surface area contributed by atoms with E-state index in [1.807, 2.05) is 56.3 Å². The van der Waals surface area contributed by atoms with Crippen molar-refractivity contribution in [3.8, 4) is 0 Å². The maximum atomic E-state index is 12.2. The SMILES string of the molecule is Cc1ccccc1N=Nc1ccc(NC(=O)NC2CCCCC2)c(C)c1. The molecular weight excluding hydrogens is 324 g/mol. The van der Waals surface area contributed by atoms with Crippen molar-refractivity contribution in [1.82, 2.24) is 5.32 Å². The quantitative estimate of drug-likeness (QED) is 0.636. The number of aryl methyl sites for hydroxylation is 2. The maximum Gasteiger partial charge on any atom is 0.319 e. The van der Waals surface area contributed by atoms with Gasteiger partial charge in [0.15, 0.2) is 0 Å². The Bertz CT molecular complexity index is 794. The summed E-state index contributed by atoms with van der Waals surface area (Å²) in [7, 11) is 0. The molecule has 0 aliphatic heterocycles. The van der Waals surface area contributed by atoms with E-state index < -0.39 is 0 Å². The lowest BCUT2D eigenvalue weighted by Gasteiger charge is -2.23. The standard InChI is InChI=1S/C21H26N4O/c1-15-8-6-7-11-20(15)25-24-18-12-13-19(16(2)14-18)23-21(26)22-17-9-4-3-5-10-17/h6-8,11-14,17H,3-5,9-10H2,1-2H3,(H2,22,23,26). The van der Waals surface area contributed by atoms with Crippen LogP contribution in [0.1, 0.15) is 43.2 Å². The Morgan fingerprint density at radius 3 is 2.46 bits per heavy atom. The van der Waals surface area contributed by atoms with E-state index in [4.69, 9.17) is 0 Å². The number of hydrogen-bond donors (Lipinski definition) is 2. The van der Waals surface area contributed by atoms with Gasteiger partial charge in [-0.25, -0.2) is 4.79 Å². The Balaban J connectivity index is 1.62. The Morgan fingerprint density at radius 1 is 0.962 bits per heavy atom. The molecule has 2 aromatic carbocycles. The van der Waals surface area contributed by atoms with Gasteiger partial charge in [0.05, 0.1) is 11.4 Å². The molecule has 26 heavy (non-hydrogen) atoms. The highest BCUT2D eigenvalue weighted by Gasteiger charge is 2.15. The van der Waals surface area contributed by atoms with Gasteiger partial charge in [-0.1, -0.05) is 37.5 Å². The number of nitrogens with zero attached hydrogens (tertiary/aromatic N) is 2. The van der Waals surface area contributed by atoms with Crippen molar-refractivity contribution in [3.05, 3.63) is 53.6 Å². The average molecular weight is 350 g/mol. The molecule has 1 saturated carbocycles. The summed E-state index contributed by atoms with van der Waals surface area (Å²) < 4.78 is 0. The topological polar surface area (TPSA) is 65.8 Å². The third-order valence-electron chi connectivity index (χ3n) is 4.79. The van der Waals surface area contributed by atoms with Crippen molar-refractivity contribution in [2.75, 3.05) is 5.32 Å². The first-order chi connectivity index (χ1) is 12.6. The lowest BCUT2D eigenvalue weighted by Crippen LogP contribution is -2.39. The number of azo groups is 1. The van der Waals surface area contributed by atoms with E-state index in [9.17, 15) is 4.79 Å². The molecule has 5 heteroatoms. The lowest BCUT2D eigenvalue weighted by molar-refractivity contribution is 0.244. The van der Waals surface area contributed by atoms with Gasteiger partial charge < -0.3 is 10.6 Å². The highest BCUT2D eigenvalue weighted by Crippen LogP contribution is 2.25. The fourth-order valence-corrected chi connectivity index (χ4v) is 3.23. The van der Waals surface area contributed by atoms with Crippen LogP contribution >= 0.6 is 0 Å². The highest BCUT2D eigenvalue weighted by molar-refractivity contribution is 5.90. The van der Waals surface area contributed by atoms with Crippen LogP contribution in [-0.2, 0) is 0 Å². The molecule has 0 aromatic heterocycles. The molecule has 136 valence electrons. The predicted molar refractivity (Wildman–Crippen MR) is 106 cm³/mol. The van der Waals surface area contributed by atoms with Crippen LogP contribution in [0.5, 0.6) is 0 Å². The van der Waals surface area contributed by atoms with Crippen LogP contribution in [0.15, 0.2) is 52.7 Å². The number of benzene rings is 2. The summed E-state index contributed by atoms with van der Waals surface area (Å²) in [5, 5.41) is 14.6. The average Bonchev–Trinajstić information content (AvgIpc) is 2.64. The third kappa shape index (κ3) is 4.91. The van der Waals surface area contributed by atoms with Crippen LogP contribution in [0.4, 0.5) is 21.9 Å². The number of hydrogen-bond acceptors (Lipinski definition) is 3. The van der Waals surface area contributed by atoms with E-state index in [1.54, 1.807) is 0 Å². The zero-order valence-electron chi connectivity index (χ0n) is 15.5. The number of carbonyl (C=O) groups is 1. The molecule has 0 radical (unpaired) electrons. The van der Waals surface area contributed by atoms with Gasteiger partial charge in [0, 0.05) is 11.7 Å². The zero-order chi connectivity index (χ0) is 18.4. The van der Waals surface area contributed by atoms with Gasteiger partial charge in [0.1, 0.15) is 0 Å². The first kappa shape index (κ1) is 18.1. The molecule has 3 rings (SSSR count). The van der Waals surface area contributed by atoms with Gasteiger partial charge in [0.25, 0.3) is 0 Å². The number of amides is 2. The van der Waals surface area contributed by atoms with Crippen LogP contribution < -0.4 is 10.6 Å². The minimum Gasteiger partial charge on any atom is -0.335 e. The monoisotopic (exact) mass is 350 g/mol. The van der Waals surface area contributed by atoms with Gasteiger partial charge in [-0.15, -0.1) is 0 Å². The van der Waals surface area contributed by atoms with Crippen LogP contribution in [0.25, 0.3) is 0 Å². The highest BCUT2D eigenvalue weighted by atomic mass is 16.2. The van der Waals surface area contributed by atoms with Crippen molar-refractivity contribution in [1.29, 1.82) is 0 Å². The predicted octanol–water partition coefficient (Wildman–Crippen LogP) is 6.17. The number of anilines is 1. The molecule has 1 aliphatic carbocycles. The zero-order valence-corrected chi connectivity index (χ0v) is 15.5. The molecule has 1 aliphatic rings. The largest absolute Gasteiger partial charge is 0.335 e. The van der Waals surface area contributed by atoms with E-state index >= 15 is 0 Å². The molecule has 2 N–H and O–H groups in total. The first-order valence-electron chi connectivity index (χ1n) is 9.27. The van der Waals surface area contributed by atoms with Gasteiger partial charge in [-0.05, 0) is 62.1 Å². The summed E-state index contributed by atoms with van der Waals surface area (Å²) in [5.74, 6) is 0. The second-order valence-electron chi connectivity index (χ2n) is 6.92. The molecule has 0 bridgehead atoms. The molecule has 0 spiro atoms. The second kappa shape index (κ2) is 8.61. The number of carbonyl (C=O) groups excluding carboxylic acids is 1. The summed E-state index contributed by atoms with van der Waals surface area (Å²) in [6, 6.07) is 13.7. The van der Waals surface area contributed by atoms with Crippen molar-refractivity contribution in [3.63, 3.8) is 0 Å². The Kier molecular flexibility index (Phi) is 6.00. The summed E-state index contributed by atoms with van der Waals surface area (Å²) >= 11 is 0. The minimum atomic E-state index is -0.130. The van der Waals surface area contributed by atoms with Crippen LogP contribution in [0, 0.1) is 13.8 Å². The second-order valence-corrected chi connectivity index (χ2v) is 6.92. The van der Waals surface area contributed by atoms with Crippen LogP contribution in [0.3, 0.4) is 0 Å². The third-order valence-corrected chi connectivity index (χ3v) is 4.79. The summed E-state index contributed by atoms with van der Waals surface area (Å²) in [5.41, 5.74) is 4.48. The molecule has 1 fully saturated rings. The number of urea groups is 1. The van der Waals surface area contributed by atoms with E-state index in [-0.39, 0.29) is 6.03 Å². The molecule has 5 nitrogen and oxygen atoms in total. The molecule has 0 saturated heterocycles. The molecule has 2 aromatic rings. The minimum absolute atomic E-state index is 0.130. The maximum absolute atomic E-state index is 12.2. The smallest absolute Gasteiger partial charge is 0.319 e. The van der Waals surface area contributed by atoms with Gasteiger partial charge >= 0.3 is 6.03 Å². The molecule has 0 heterocycles. The van der Waals surface area contributed by atoms with Crippen molar-refractivity contribution >= 4 is 23.1 Å². The lowest BCUT2D eigenvalue weighted by atomic mass is 9.96. The first-order valence-corrected chi connectivity index (χ1v) is 9.27. The number of rotatable bonds is 4. The Hall–Kier alpha value is -2.69. The summed E-state index contributed by atoms with van der Waals surface area (Å²) in [4.78, 5) is 12.2. The molecular formula is C21H26N4O. The summed E-state index contributed by atoms with van der Waals surface area (Å²) in [6.45, 7) is 3.97. The Morgan fingerprint density at radius 2 is 1.73 bits per heavy atom. The van der Waals surface area contributed by atoms with Gasteiger partial charge in [-0.3, -0.25) is 0 Å². The molecule has 0 atom stereocenters. The molecule has 2 amide bonds. The molecule has 0 unspecified atom stereocenters. The van der Waals surface area contributed by atoms with E-state index in [2.05, 4.69) is 20.9 Å². The summed E-state index contributed by atoms with van der Waals surface area (Å²) in [6.07, 6.45) is 5.82. The van der Waals surface area contributed by atoms with Crippen molar-refractivity contribution in [2.24, 2.45) is 10.2 Å². The van der Waals surface area contributed by atoms with Crippen molar-refractivity contribution < 1.29 is 4.79 Å². The number of nitrogens with one attached hydrogen (secondary N) is 2. The van der Waals surface area contributed by atoms with Gasteiger partial charge in [0.2, 0.25) is 0 Å². The Labute approximate surface area is 154 Å². The van der Waals surface area contributed by atoms with E-state index in [0.29, 0.717) is 6.04 Å². The fraction of sp³-hybridized carbons (Fsp3) is 0.381. The van der Waals surface area contributed by atoms with Crippen molar-refractivity contribution in [2.45, 2.75) is 52.0 Å². The van der Waals surface area contributed by atoms with Gasteiger partial charge in [-0.2, -0.15) is 10.2 Å². The van der Waals surface area contributed by atoms with Crippen LogP contribution in [-0.4, -0.2) is 12.1 Å². The fourth-order valence-electron chi connectivity index (χ4n) is 3.23. The van der Waals surface area contributed by atoms with E-state index in [0.717, 1.165) is 41.0 Å². The normalized spacial score (nSPS) is 15.2. The van der Waals surface area contributed by atoms with E-state index in [1.165, 1.54) is 19.3 Å². The van der Waals surface area contributed by atoms with Crippen LogP contribution in [0.2, 0.25) is 0 Å².